The molecular formula is C14H18N2O2. The van der Waals surface area contributed by atoms with Crippen LogP contribution in [0.2, 0.25) is 0 Å². The van der Waals surface area contributed by atoms with Gasteiger partial charge in [-0.05, 0) is 37.4 Å². The number of aliphatic hydroxyl groups excluding tert-OH is 1. The fourth-order valence-corrected chi connectivity index (χ4v) is 2.94. The Bertz CT molecular complexity index is 461. The van der Waals surface area contributed by atoms with Crippen LogP contribution in [-0.4, -0.2) is 41.3 Å². The molecule has 96 valence electrons. The molecule has 2 aliphatic rings. The van der Waals surface area contributed by atoms with Gasteiger partial charge in [-0.1, -0.05) is 18.2 Å². The molecule has 18 heavy (non-hydrogen) atoms. The van der Waals surface area contributed by atoms with Crippen molar-refractivity contribution in [3.05, 3.63) is 35.4 Å². The van der Waals surface area contributed by atoms with Crippen molar-refractivity contribution in [2.45, 2.75) is 31.5 Å². The predicted molar refractivity (Wildman–Crippen MR) is 68.2 cm³/mol. The van der Waals surface area contributed by atoms with Gasteiger partial charge in [0.25, 0.3) is 5.91 Å². The molecule has 1 aromatic carbocycles. The number of benzene rings is 1. The summed E-state index contributed by atoms with van der Waals surface area (Å²) in [4.78, 5) is 14.3. The third kappa shape index (κ3) is 1.91. The zero-order chi connectivity index (χ0) is 12.5. The average molecular weight is 246 g/mol. The lowest BCUT2D eigenvalue weighted by Gasteiger charge is -2.40. The second-order valence-corrected chi connectivity index (χ2v) is 5.01. The number of rotatable bonds is 1. The first-order chi connectivity index (χ1) is 8.77. The molecule has 2 N–H and O–H groups in total. The number of aliphatic hydroxyl groups is 1. The summed E-state index contributed by atoms with van der Waals surface area (Å²) in [5.74, 6) is 0.0598. The van der Waals surface area contributed by atoms with E-state index in [1.807, 2.05) is 29.2 Å². The first kappa shape index (κ1) is 11.7. The first-order valence-electron chi connectivity index (χ1n) is 6.58. The van der Waals surface area contributed by atoms with Crippen LogP contribution in [0.3, 0.4) is 0 Å². The van der Waals surface area contributed by atoms with Gasteiger partial charge in [-0.25, -0.2) is 0 Å². The minimum absolute atomic E-state index is 0.0598. The van der Waals surface area contributed by atoms with E-state index in [0.29, 0.717) is 6.54 Å². The van der Waals surface area contributed by atoms with Gasteiger partial charge >= 0.3 is 0 Å². The molecule has 2 heterocycles. The molecule has 2 unspecified atom stereocenters. The lowest BCUT2D eigenvalue weighted by atomic mass is 9.95. The van der Waals surface area contributed by atoms with E-state index < -0.39 is 6.23 Å². The maximum atomic E-state index is 12.4. The molecule has 1 amide bonds. The number of piperidine rings is 1. The third-order valence-corrected chi connectivity index (χ3v) is 3.93. The highest BCUT2D eigenvalue weighted by atomic mass is 16.3. The smallest absolute Gasteiger partial charge is 0.254 e. The van der Waals surface area contributed by atoms with Gasteiger partial charge in [-0.3, -0.25) is 10.1 Å². The summed E-state index contributed by atoms with van der Waals surface area (Å²) in [6, 6.07) is 7.68. The number of nitrogens with one attached hydrogen (secondary N) is 1. The maximum absolute atomic E-state index is 12.4. The van der Waals surface area contributed by atoms with E-state index in [-0.39, 0.29) is 11.9 Å². The van der Waals surface area contributed by atoms with Gasteiger partial charge in [-0.2, -0.15) is 0 Å². The van der Waals surface area contributed by atoms with E-state index in [1.165, 1.54) is 0 Å². The fraction of sp³-hybridized carbons (Fsp3) is 0.500. The van der Waals surface area contributed by atoms with Gasteiger partial charge < -0.3 is 10.0 Å². The zero-order valence-corrected chi connectivity index (χ0v) is 10.3. The van der Waals surface area contributed by atoms with Crippen molar-refractivity contribution in [3.8, 4) is 0 Å². The van der Waals surface area contributed by atoms with Gasteiger partial charge in [-0.15, -0.1) is 0 Å². The first-order valence-corrected chi connectivity index (χ1v) is 6.58. The van der Waals surface area contributed by atoms with Crippen molar-refractivity contribution >= 4 is 5.91 Å². The normalized spacial score (nSPS) is 28.1. The number of hydrogen-bond acceptors (Lipinski definition) is 3. The van der Waals surface area contributed by atoms with Crippen LogP contribution < -0.4 is 5.32 Å². The predicted octanol–water partition coefficient (Wildman–Crippen LogP) is 0.755. The Labute approximate surface area is 107 Å². The highest BCUT2D eigenvalue weighted by Crippen LogP contribution is 2.24. The third-order valence-electron chi connectivity index (χ3n) is 3.93. The summed E-state index contributed by atoms with van der Waals surface area (Å²) < 4.78 is 0. The van der Waals surface area contributed by atoms with Crippen LogP contribution in [0.1, 0.15) is 28.8 Å². The highest BCUT2D eigenvalue weighted by molar-refractivity contribution is 5.97. The maximum Gasteiger partial charge on any atom is 0.254 e. The minimum atomic E-state index is -0.590. The molecule has 4 heteroatoms. The van der Waals surface area contributed by atoms with Crippen molar-refractivity contribution in [2.24, 2.45) is 0 Å². The molecule has 4 nitrogen and oxygen atoms in total. The van der Waals surface area contributed by atoms with Crippen molar-refractivity contribution in [2.75, 3.05) is 13.1 Å². The van der Waals surface area contributed by atoms with Gasteiger partial charge in [0, 0.05) is 12.1 Å². The molecule has 0 saturated carbocycles. The number of fused-ring (bicyclic) bond motifs is 1. The fourth-order valence-electron chi connectivity index (χ4n) is 2.94. The topological polar surface area (TPSA) is 52.6 Å². The molecule has 0 bridgehead atoms. The highest BCUT2D eigenvalue weighted by Gasteiger charge is 2.34. The lowest BCUT2D eigenvalue weighted by molar-refractivity contribution is 0.00563. The second kappa shape index (κ2) is 4.71. The molecule has 0 aliphatic carbocycles. The van der Waals surface area contributed by atoms with Crippen molar-refractivity contribution in [1.29, 1.82) is 0 Å². The Morgan fingerprint density at radius 3 is 3.00 bits per heavy atom. The van der Waals surface area contributed by atoms with Crippen LogP contribution >= 0.6 is 0 Å². The van der Waals surface area contributed by atoms with Crippen LogP contribution in [0.25, 0.3) is 0 Å². The molecule has 2 aliphatic heterocycles. The van der Waals surface area contributed by atoms with Crippen LogP contribution in [0.15, 0.2) is 24.3 Å². The Kier molecular flexibility index (Phi) is 3.06. The lowest BCUT2D eigenvalue weighted by Crippen LogP contribution is -2.56. The summed E-state index contributed by atoms with van der Waals surface area (Å²) >= 11 is 0. The zero-order valence-electron chi connectivity index (χ0n) is 10.3. The standard InChI is InChI=1S/C14H18N2O2/c17-13-12(6-3-8-15-13)16-9-7-10-4-1-2-5-11(10)14(16)18/h1-2,4-5,12-13,15,17H,3,6-9H2. The van der Waals surface area contributed by atoms with E-state index in [9.17, 15) is 9.90 Å². The van der Waals surface area contributed by atoms with Crippen molar-refractivity contribution < 1.29 is 9.90 Å². The number of carbonyl (C=O) groups excluding carboxylic acids is 1. The summed E-state index contributed by atoms with van der Waals surface area (Å²) in [7, 11) is 0. The minimum Gasteiger partial charge on any atom is -0.376 e. The van der Waals surface area contributed by atoms with Gasteiger partial charge in [0.1, 0.15) is 6.23 Å². The van der Waals surface area contributed by atoms with E-state index in [1.54, 1.807) is 0 Å². The summed E-state index contributed by atoms with van der Waals surface area (Å²) in [5, 5.41) is 13.0. The molecule has 1 fully saturated rings. The quantitative estimate of drug-likeness (QED) is 0.769. The Hall–Kier alpha value is -1.39. The van der Waals surface area contributed by atoms with Crippen LogP contribution in [0, 0.1) is 0 Å². The molecular weight excluding hydrogens is 228 g/mol. The Balaban J connectivity index is 1.86. The summed E-state index contributed by atoms with van der Waals surface area (Å²) in [6.07, 6.45) is 2.17. The number of amides is 1. The van der Waals surface area contributed by atoms with Crippen LogP contribution in [0.4, 0.5) is 0 Å². The number of hydrogen-bond donors (Lipinski definition) is 2. The molecule has 2 atom stereocenters. The molecule has 0 aromatic heterocycles. The average Bonchev–Trinajstić information content (AvgIpc) is 2.41. The summed E-state index contributed by atoms with van der Waals surface area (Å²) in [6.45, 7) is 1.54. The monoisotopic (exact) mass is 246 g/mol. The Morgan fingerprint density at radius 1 is 1.33 bits per heavy atom. The number of nitrogens with zero attached hydrogens (tertiary/aromatic N) is 1. The van der Waals surface area contributed by atoms with Crippen molar-refractivity contribution in [3.63, 3.8) is 0 Å². The van der Waals surface area contributed by atoms with E-state index in [2.05, 4.69) is 5.32 Å². The van der Waals surface area contributed by atoms with Gasteiger partial charge in [0.2, 0.25) is 0 Å². The summed E-state index contributed by atoms with van der Waals surface area (Å²) in [5.41, 5.74) is 1.92. The molecule has 1 saturated heterocycles. The molecule has 1 aromatic rings. The van der Waals surface area contributed by atoms with Crippen molar-refractivity contribution in [1.82, 2.24) is 10.2 Å². The van der Waals surface area contributed by atoms with E-state index >= 15 is 0 Å². The Morgan fingerprint density at radius 2 is 2.17 bits per heavy atom. The largest absolute Gasteiger partial charge is 0.376 e. The van der Waals surface area contributed by atoms with Gasteiger partial charge in [0.05, 0.1) is 6.04 Å². The second-order valence-electron chi connectivity index (χ2n) is 5.01. The van der Waals surface area contributed by atoms with E-state index in [4.69, 9.17) is 0 Å². The van der Waals surface area contributed by atoms with Crippen LogP contribution in [-0.2, 0) is 6.42 Å². The van der Waals surface area contributed by atoms with Gasteiger partial charge in [0.15, 0.2) is 0 Å². The van der Waals surface area contributed by atoms with Crippen LogP contribution in [0.5, 0.6) is 0 Å². The molecule has 0 radical (unpaired) electrons. The van der Waals surface area contributed by atoms with E-state index in [0.717, 1.165) is 36.9 Å². The molecule has 0 spiro atoms. The molecule has 3 rings (SSSR count). The number of carbonyl (C=O) groups is 1. The SMILES string of the molecule is O=C1c2ccccc2CCN1C1CCCNC1O.